The summed E-state index contributed by atoms with van der Waals surface area (Å²) in [6.45, 7) is 0. The van der Waals surface area contributed by atoms with Crippen LogP contribution in [-0.2, 0) is 0 Å². The van der Waals surface area contributed by atoms with Crippen LogP contribution in [0.25, 0.3) is 0 Å². The molecule has 0 aliphatic heterocycles. The quantitative estimate of drug-likeness (QED) is 0.506. The fourth-order valence-electron chi connectivity index (χ4n) is 3.18. The molecule has 3 rings (SSSR count). The maximum atomic E-state index is 5.44. The highest BCUT2D eigenvalue weighted by Gasteiger charge is 2.12. The Hall–Kier alpha value is -4.42. The first kappa shape index (κ1) is 24.2. The summed E-state index contributed by atoms with van der Waals surface area (Å²) < 4.78 is 32.3. The van der Waals surface area contributed by atoms with Gasteiger partial charge >= 0.3 is 0 Å². The highest BCUT2D eigenvalue weighted by Crippen LogP contribution is 2.38. The van der Waals surface area contributed by atoms with Crippen molar-refractivity contribution < 1.29 is 28.4 Å². The molecule has 0 unspecified atom stereocenters. The number of hydrogen-bond acceptors (Lipinski definition) is 6. The number of hydrogen-bond donors (Lipinski definition) is 0. The number of benzene rings is 3. The minimum atomic E-state index is 0.517. The standard InChI is InChI=1S/C28H26O6/c1-29-23-12-19(7-9-21-14-24(30-2)18-25(15-21)31-3)11-20(13-23)8-10-22-16-26(32-4)28(34-6)27(17-22)33-5/h11-18H,1-6H3. The van der Waals surface area contributed by atoms with Crippen LogP contribution in [0.5, 0.6) is 34.5 Å². The SMILES string of the molecule is COc1cc(C#Cc2cc(OC)cc(OC)c2)cc(C#Cc2cc(OC)c(OC)c(OC)c2)c1. The molecule has 6 heteroatoms. The second-order valence-electron chi connectivity index (χ2n) is 6.97. The number of rotatable bonds is 6. The van der Waals surface area contributed by atoms with E-state index in [0.717, 1.165) is 16.7 Å². The van der Waals surface area contributed by atoms with Crippen molar-refractivity contribution in [1.29, 1.82) is 0 Å². The van der Waals surface area contributed by atoms with E-state index in [9.17, 15) is 0 Å². The van der Waals surface area contributed by atoms with Crippen LogP contribution in [0.1, 0.15) is 22.3 Å². The van der Waals surface area contributed by atoms with Gasteiger partial charge in [-0.15, -0.1) is 0 Å². The van der Waals surface area contributed by atoms with Gasteiger partial charge in [0.25, 0.3) is 0 Å². The zero-order chi connectivity index (χ0) is 24.5. The molecule has 6 nitrogen and oxygen atoms in total. The van der Waals surface area contributed by atoms with E-state index >= 15 is 0 Å². The van der Waals surface area contributed by atoms with Crippen LogP contribution in [-0.4, -0.2) is 42.7 Å². The molecule has 0 heterocycles. The van der Waals surface area contributed by atoms with Crippen molar-refractivity contribution in [2.45, 2.75) is 0 Å². The lowest BCUT2D eigenvalue weighted by Gasteiger charge is -2.12. The fraction of sp³-hybridized carbons (Fsp3) is 0.214. The maximum Gasteiger partial charge on any atom is 0.203 e. The Balaban J connectivity index is 1.98. The molecule has 0 saturated heterocycles. The Morgan fingerprint density at radius 3 is 1.09 bits per heavy atom. The first-order valence-electron chi connectivity index (χ1n) is 10.3. The van der Waals surface area contributed by atoms with E-state index in [4.69, 9.17) is 28.4 Å². The minimum absolute atomic E-state index is 0.517. The predicted octanol–water partition coefficient (Wildman–Crippen LogP) is 4.54. The Morgan fingerprint density at radius 2 is 0.735 bits per heavy atom. The molecular formula is C28H26O6. The predicted molar refractivity (Wildman–Crippen MR) is 131 cm³/mol. The fourth-order valence-corrected chi connectivity index (χ4v) is 3.18. The molecule has 0 spiro atoms. The third kappa shape index (κ3) is 5.88. The molecule has 3 aromatic carbocycles. The molecule has 0 aliphatic carbocycles. The minimum Gasteiger partial charge on any atom is -0.497 e. The van der Waals surface area contributed by atoms with Gasteiger partial charge in [-0.25, -0.2) is 0 Å². The Morgan fingerprint density at radius 1 is 0.382 bits per heavy atom. The van der Waals surface area contributed by atoms with E-state index in [2.05, 4.69) is 23.7 Å². The second kappa shape index (κ2) is 11.4. The van der Waals surface area contributed by atoms with Gasteiger partial charge in [-0.2, -0.15) is 0 Å². The molecule has 0 saturated carbocycles. The van der Waals surface area contributed by atoms with Crippen LogP contribution in [0.2, 0.25) is 0 Å². The summed E-state index contributed by atoms with van der Waals surface area (Å²) >= 11 is 0. The van der Waals surface area contributed by atoms with Crippen molar-refractivity contribution in [3.63, 3.8) is 0 Å². The van der Waals surface area contributed by atoms with Gasteiger partial charge in [0.15, 0.2) is 11.5 Å². The van der Waals surface area contributed by atoms with E-state index < -0.39 is 0 Å². The van der Waals surface area contributed by atoms with Gasteiger partial charge in [0.2, 0.25) is 5.75 Å². The highest BCUT2D eigenvalue weighted by molar-refractivity contribution is 5.59. The molecule has 0 atom stereocenters. The van der Waals surface area contributed by atoms with Crippen molar-refractivity contribution in [3.05, 3.63) is 70.8 Å². The number of ether oxygens (including phenoxy) is 6. The average molecular weight is 459 g/mol. The Kier molecular flexibility index (Phi) is 8.16. The van der Waals surface area contributed by atoms with E-state index in [1.807, 2.05) is 30.3 Å². The van der Waals surface area contributed by atoms with Crippen LogP contribution in [0, 0.1) is 23.7 Å². The van der Waals surface area contributed by atoms with Crippen LogP contribution in [0.15, 0.2) is 48.5 Å². The molecule has 34 heavy (non-hydrogen) atoms. The first-order valence-corrected chi connectivity index (χ1v) is 10.3. The van der Waals surface area contributed by atoms with Crippen LogP contribution in [0.3, 0.4) is 0 Å². The van der Waals surface area contributed by atoms with Crippen LogP contribution < -0.4 is 28.4 Å². The third-order valence-electron chi connectivity index (χ3n) is 4.86. The smallest absolute Gasteiger partial charge is 0.203 e. The van der Waals surface area contributed by atoms with Gasteiger partial charge in [-0.1, -0.05) is 23.7 Å². The van der Waals surface area contributed by atoms with Crippen molar-refractivity contribution in [2.24, 2.45) is 0 Å². The Labute approximate surface area is 200 Å². The molecule has 0 bridgehead atoms. The van der Waals surface area contributed by atoms with Crippen molar-refractivity contribution in [2.75, 3.05) is 42.7 Å². The van der Waals surface area contributed by atoms with E-state index in [1.165, 1.54) is 0 Å². The molecule has 3 aromatic rings. The molecular weight excluding hydrogens is 432 g/mol. The first-order chi connectivity index (χ1) is 16.5. The van der Waals surface area contributed by atoms with Crippen molar-refractivity contribution >= 4 is 0 Å². The summed E-state index contributed by atoms with van der Waals surface area (Å²) in [7, 11) is 9.51. The summed E-state index contributed by atoms with van der Waals surface area (Å²) in [5, 5.41) is 0. The summed E-state index contributed by atoms with van der Waals surface area (Å²) in [6.07, 6.45) is 0. The molecule has 0 radical (unpaired) electrons. The number of methoxy groups -OCH3 is 6. The van der Waals surface area contributed by atoms with Crippen molar-refractivity contribution in [3.8, 4) is 58.2 Å². The monoisotopic (exact) mass is 458 g/mol. The molecule has 0 N–H and O–H groups in total. The van der Waals surface area contributed by atoms with Crippen molar-refractivity contribution in [1.82, 2.24) is 0 Å². The van der Waals surface area contributed by atoms with E-state index in [0.29, 0.717) is 40.1 Å². The molecule has 0 aromatic heterocycles. The van der Waals surface area contributed by atoms with E-state index in [1.54, 1.807) is 60.9 Å². The lowest BCUT2D eigenvalue weighted by molar-refractivity contribution is 0.324. The van der Waals surface area contributed by atoms with Gasteiger partial charge in [-0.3, -0.25) is 0 Å². The molecule has 174 valence electrons. The Bertz CT molecular complexity index is 1240. The summed E-state index contributed by atoms with van der Waals surface area (Å²) in [4.78, 5) is 0. The summed E-state index contributed by atoms with van der Waals surface area (Å²) in [5.41, 5.74) is 2.99. The molecule has 0 aliphatic rings. The average Bonchev–Trinajstić information content (AvgIpc) is 2.89. The lowest BCUT2D eigenvalue weighted by Crippen LogP contribution is -1.95. The normalized spacial score (nSPS) is 9.59. The highest BCUT2D eigenvalue weighted by atomic mass is 16.5. The largest absolute Gasteiger partial charge is 0.497 e. The van der Waals surface area contributed by atoms with Gasteiger partial charge in [0.1, 0.15) is 17.2 Å². The van der Waals surface area contributed by atoms with Gasteiger partial charge in [-0.05, 0) is 42.5 Å². The van der Waals surface area contributed by atoms with Crippen LogP contribution in [0.4, 0.5) is 0 Å². The topological polar surface area (TPSA) is 55.4 Å². The summed E-state index contributed by atoms with van der Waals surface area (Å²) in [6, 6.07) is 14.7. The molecule has 0 fully saturated rings. The maximum absolute atomic E-state index is 5.44. The van der Waals surface area contributed by atoms with Gasteiger partial charge < -0.3 is 28.4 Å². The molecule has 0 amide bonds. The zero-order valence-corrected chi connectivity index (χ0v) is 20.1. The second-order valence-corrected chi connectivity index (χ2v) is 6.97. The van der Waals surface area contributed by atoms with Crippen LogP contribution >= 0.6 is 0 Å². The van der Waals surface area contributed by atoms with E-state index in [-0.39, 0.29) is 0 Å². The lowest BCUT2D eigenvalue weighted by atomic mass is 10.1. The third-order valence-corrected chi connectivity index (χ3v) is 4.86. The van der Waals surface area contributed by atoms with Gasteiger partial charge in [0, 0.05) is 28.3 Å². The summed E-state index contributed by atoms with van der Waals surface area (Å²) in [5.74, 6) is 16.2. The van der Waals surface area contributed by atoms with Gasteiger partial charge in [0.05, 0.1) is 42.7 Å². The zero-order valence-electron chi connectivity index (χ0n) is 20.1.